The third-order valence-corrected chi connectivity index (χ3v) is 7.55. The Labute approximate surface area is 306 Å². The lowest BCUT2D eigenvalue weighted by atomic mass is 10.1. The number of benzene rings is 4. The van der Waals surface area contributed by atoms with Crippen LogP contribution in [-0.4, -0.2) is 39.1 Å². The van der Waals surface area contributed by atoms with Gasteiger partial charge in [0.25, 0.3) is 15.3 Å². The van der Waals surface area contributed by atoms with Gasteiger partial charge in [0, 0.05) is 6.04 Å². The van der Waals surface area contributed by atoms with Crippen molar-refractivity contribution < 1.29 is 53.6 Å². The normalized spacial score (nSPS) is 11.1. The summed E-state index contributed by atoms with van der Waals surface area (Å²) in [6.07, 6.45) is 0.00658. The summed E-state index contributed by atoms with van der Waals surface area (Å²) < 4.78 is 11.2. The molecule has 0 saturated carbocycles. The molecule has 0 saturated heterocycles. The highest BCUT2D eigenvalue weighted by atomic mass is 17.0. The summed E-state index contributed by atoms with van der Waals surface area (Å²) in [5.74, 6) is -1.73. The summed E-state index contributed by atoms with van der Waals surface area (Å²) in [5, 5.41) is 31.5. The van der Waals surface area contributed by atoms with E-state index in [1.54, 1.807) is 85.8 Å². The summed E-state index contributed by atoms with van der Waals surface area (Å²) in [6.45, 7) is 1.07. The Morgan fingerprint density at radius 3 is 1.30 bits per heavy atom. The van der Waals surface area contributed by atoms with E-state index in [0.717, 1.165) is 0 Å². The maximum Gasteiger partial charge on any atom is 0.315 e. The van der Waals surface area contributed by atoms with E-state index in [0.29, 0.717) is 45.4 Å². The van der Waals surface area contributed by atoms with E-state index < -0.39 is 27.2 Å². The standard InChI is InChI=1S/C36H34N4O14/c1-24(37-34(41)18-25-2-8-28(9-3-25)21-50-38(44)45)16-31-14-15-32(53-35(42)19-26-4-10-29(11-5-26)22-51-39(46)47)33(17-31)54-36(43)20-27-6-12-30(13-7-27)23-52-40(48)49/h2-15,17,24H,16,18-23H2,1H3,(H,37,41). The number of hydrogen-bond donors (Lipinski definition) is 1. The van der Waals surface area contributed by atoms with E-state index in [4.69, 9.17) is 9.47 Å². The van der Waals surface area contributed by atoms with Gasteiger partial charge in [-0.05, 0) is 64.4 Å². The topological polar surface area (TPSA) is 239 Å². The first-order valence-electron chi connectivity index (χ1n) is 16.2. The van der Waals surface area contributed by atoms with Crippen LogP contribution in [0.5, 0.6) is 11.5 Å². The smallest absolute Gasteiger partial charge is 0.315 e. The van der Waals surface area contributed by atoms with Gasteiger partial charge in [-0.15, -0.1) is 30.3 Å². The lowest BCUT2D eigenvalue weighted by Gasteiger charge is -2.16. The first kappa shape index (κ1) is 39.7. The minimum atomic E-state index is -0.908. The van der Waals surface area contributed by atoms with Crippen molar-refractivity contribution in [2.45, 2.75) is 58.5 Å². The third kappa shape index (κ3) is 13.9. The molecule has 0 fully saturated rings. The van der Waals surface area contributed by atoms with E-state index in [2.05, 4.69) is 19.8 Å². The van der Waals surface area contributed by atoms with Gasteiger partial charge in [-0.25, -0.2) is 0 Å². The number of rotatable bonds is 20. The largest absolute Gasteiger partial charge is 0.422 e. The molecule has 54 heavy (non-hydrogen) atoms. The van der Waals surface area contributed by atoms with Gasteiger partial charge in [0.1, 0.15) is 19.8 Å². The second kappa shape index (κ2) is 19.5. The monoisotopic (exact) mass is 746 g/mol. The number of carbonyl (C=O) groups is 3. The summed E-state index contributed by atoms with van der Waals surface area (Å²) in [4.78, 5) is 83.1. The van der Waals surface area contributed by atoms with Gasteiger partial charge in [-0.3, -0.25) is 14.4 Å². The van der Waals surface area contributed by atoms with Crippen LogP contribution in [0.4, 0.5) is 0 Å². The molecule has 1 unspecified atom stereocenters. The number of ether oxygens (including phenoxy) is 2. The fourth-order valence-corrected chi connectivity index (χ4v) is 5.05. The molecule has 4 aromatic rings. The van der Waals surface area contributed by atoms with E-state index in [-0.39, 0.29) is 62.5 Å². The van der Waals surface area contributed by atoms with Crippen LogP contribution in [0.1, 0.15) is 45.9 Å². The Morgan fingerprint density at radius 1 is 0.537 bits per heavy atom. The molecule has 0 heterocycles. The molecule has 0 aliphatic carbocycles. The van der Waals surface area contributed by atoms with Crippen LogP contribution in [0.25, 0.3) is 0 Å². The fraction of sp³-hybridized carbons (Fsp3) is 0.250. The molecule has 0 spiro atoms. The molecule has 0 aromatic heterocycles. The molecule has 282 valence electrons. The van der Waals surface area contributed by atoms with Crippen molar-refractivity contribution in [3.8, 4) is 11.5 Å². The highest BCUT2D eigenvalue weighted by Crippen LogP contribution is 2.30. The van der Waals surface area contributed by atoms with Gasteiger partial charge in [-0.1, -0.05) is 78.9 Å². The molecule has 1 amide bonds. The number of esters is 2. The van der Waals surface area contributed by atoms with Crippen molar-refractivity contribution in [1.82, 2.24) is 5.32 Å². The molecule has 18 nitrogen and oxygen atoms in total. The SMILES string of the molecule is CC(Cc1ccc(OC(=O)Cc2ccc(CO[N+](=O)[O-])cc2)c(OC(=O)Cc2ccc(CO[N+](=O)[O-])cc2)c1)NC(=O)Cc1ccc(CO[N+](=O)[O-])cc1. The second-order valence-corrected chi connectivity index (χ2v) is 11.9. The van der Waals surface area contributed by atoms with Gasteiger partial charge in [0.05, 0.1) is 19.3 Å². The molecule has 4 aromatic carbocycles. The molecular weight excluding hydrogens is 712 g/mol. The Bertz CT molecular complexity index is 1950. The van der Waals surface area contributed by atoms with Crippen molar-refractivity contribution in [2.24, 2.45) is 0 Å². The first-order chi connectivity index (χ1) is 25.8. The van der Waals surface area contributed by atoms with Crippen molar-refractivity contribution in [2.75, 3.05) is 0 Å². The third-order valence-electron chi connectivity index (χ3n) is 7.55. The first-order valence-corrected chi connectivity index (χ1v) is 16.2. The molecule has 0 aliphatic heterocycles. The maximum atomic E-state index is 13.1. The van der Waals surface area contributed by atoms with Gasteiger partial charge >= 0.3 is 11.9 Å². The van der Waals surface area contributed by atoms with Gasteiger partial charge in [-0.2, -0.15) is 0 Å². The van der Waals surface area contributed by atoms with Crippen LogP contribution in [0, 0.1) is 30.3 Å². The number of carbonyl (C=O) groups excluding carboxylic acids is 3. The predicted molar refractivity (Wildman–Crippen MR) is 185 cm³/mol. The molecule has 18 heteroatoms. The molecule has 0 radical (unpaired) electrons. The summed E-state index contributed by atoms with van der Waals surface area (Å²) in [6, 6.07) is 23.5. The van der Waals surface area contributed by atoms with Crippen LogP contribution < -0.4 is 14.8 Å². The van der Waals surface area contributed by atoms with Crippen LogP contribution in [-0.2, 0) is 74.4 Å². The Balaban J connectivity index is 1.42. The van der Waals surface area contributed by atoms with Gasteiger partial charge in [0.2, 0.25) is 5.91 Å². The minimum absolute atomic E-state index is 0.0378. The Hall–Kier alpha value is -7.11. The summed E-state index contributed by atoms with van der Waals surface area (Å²) >= 11 is 0. The average Bonchev–Trinajstić information content (AvgIpc) is 3.11. The van der Waals surface area contributed by atoms with E-state index in [1.807, 2.05) is 0 Å². The van der Waals surface area contributed by atoms with Crippen LogP contribution >= 0.6 is 0 Å². The number of nitrogens with zero attached hydrogens (tertiary/aromatic N) is 3. The minimum Gasteiger partial charge on any atom is -0.422 e. The highest BCUT2D eigenvalue weighted by molar-refractivity contribution is 5.79. The molecule has 1 N–H and O–H groups in total. The maximum absolute atomic E-state index is 13.1. The van der Waals surface area contributed by atoms with Crippen LogP contribution in [0.3, 0.4) is 0 Å². The van der Waals surface area contributed by atoms with E-state index in [1.165, 1.54) is 12.1 Å². The molecule has 4 rings (SSSR count). The van der Waals surface area contributed by atoms with Crippen molar-refractivity contribution in [3.63, 3.8) is 0 Å². The van der Waals surface area contributed by atoms with Crippen molar-refractivity contribution in [1.29, 1.82) is 0 Å². The van der Waals surface area contributed by atoms with Crippen LogP contribution in [0.15, 0.2) is 91.0 Å². The van der Waals surface area contributed by atoms with Crippen molar-refractivity contribution >= 4 is 17.8 Å². The summed E-state index contributed by atoms with van der Waals surface area (Å²) in [5.41, 5.74) is 4.04. The second-order valence-electron chi connectivity index (χ2n) is 11.9. The fourth-order valence-electron chi connectivity index (χ4n) is 5.05. The van der Waals surface area contributed by atoms with Crippen LogP contribution in [0.2, 0.25) is 0 Å². The number of nitrogens with one attached hydrogen (secondary N) is 1. The van der Waals surface area contributed by atoms with Gasteiger partial charge in [0.15, 0.2) is 11.5 Å². The van der Waals surface area contributed by atoms with Crippen molar-refractivity contribution in [3.05, 3.63) is 160 Å². The molecular formula is C36H34N4O14. The molecule has 0 aliphatic rings. The predicted octanol–water partition coefficient (Wildman–Crippen LogP) is 4.40. The number of amides is 1. The lowest BCUT2D eigenvalue weighted by Crippen LogP contribution is -2.35. The highest BCUT2D eigenvalue weighted by Gasteiger charge is 2.18. The Morgan fingerprint density at radius 2 is 0.889 bits per heavy atom. The van der Waals surface area contributed by atoms with Gasteiger partial charge < -0.3 is 29.3 Å². The van der Waals surface area contributed by atoms with E-state index >= 15 is 0 Å². The lowest BCUT2D eigenvalue weighted by molar-refractivity contribution is -0.763. The molecule has 0 bridgehead atoms. The average molecular weight is 747 g/mol. The quantitative estimate of drug-likeness (QED) is 0.0571. The zero-order valence-corrected chi connectivity index (χ0v) is 28.7. The summed E-state index contributed by atoms with van der Waals surface area (Å²) in [7, 11) is 0. The zero-order valence-electron chi connectivity index (χ0n) is 28.7. The number of hydrogen-bond acceptors (Lipinski definition) is 14. The Kier molecular flexibility index (Phi) is 14.3. The zero-order chi connectivity index (χ0) is 39.0. The molecule has 1 atom stereocenters. The van der Waals surface area contributed by atoms with E-state index in [9.17, 15) is 44.7 Å².